The number of allylic oxidation sites excluding steroid dienone is 2. The van der Waals surface area contributed by atoms with Gasteiger partial charge >= 0.3 is 0 Å². The SMILES string of the molecule is COc1cc([C@H]2C3=CC[C@@H]4C(=O)N(c5ccc(I)cc5)C(=O)[C@@H]4[C@@H]3C[C@@]3(Cl)C(=O)N(c4c(F)c(F)c(F)c(F)c4F)C(=O)[C@@]23Cl)cc(I)c1O. The zero-order valence-electron chi connectivity index (χ0n) is 25.0. The maximum absolute atomic E-state index is 15.2. The molecule has 0 spiro atoms. The highest BCUT2D eigenvalue weighted by molar-refractivity contribution is 14.1. The van der Waals surface area contributed by atoms with Crippen LogP contribution in [0.1, 0.15) is 24.3 Å². The first kappa shape index (κ1) is 35.4. The Hall–Kier alpha value is -3.03. The van der Waals surface area contributed by atoms with E-state index in [1.165, 1.54) is 19.2 Å². The highest BCUT2D eigenvalue weighted by Gasteiger charge is 2.77. The van der Waals surface area contributed by atoms with Gasteiger partial charge in [0.25, 0.3) is 11.8 Å². The topological polar surface area (TPSA) is 104 Å². The highest BCUT2D eigenvalue weighted by Crippen LogP contribution is 2.66. The monoisotopic (exact) mass is 958 g/mol. The molecule has 17 heteroatoms. The Labute approximate surface area is 316 Å². The first-order chi connectivity index (χ1) is 23.5. The number of amides is 4. The number of anilines is 2. The van der Waals surface area contributed by atoms with Crippen LogP contribution in [-0.2, 0) is 19.2 Å². The van der Waals surface area contributed by atoms with E-state index >= 15 is 8.78 Å². The number of carbonyl (C=O) groups is 4. The minimum absolute atomic E-state index is 0.0174. The third-order valence-electron chi connectivity index (χ3n) is 9.91. The van der Waals surface area contributed by atoms with Gasteiger partial charge in [0.05, 0.1) is 28.2 Å². The van der Waals surface area contributed by atoms with Crippen LogP contribution in [0, 0.1) is 54.0 Å². The molecule has 1 saturated carbocycles. The molecule has 50 heavy (non-hydrogen) atoms. The summed E-state index contributed by atoms with van der Waals surface area (Å²) in [5.74, 6) is -21.7. The maximum Gasteiger partial charge on any atom is 0.258 e. The Morgan fingerprint density at radius 1 is 0.840 bits per heavy atom. The Bertz CT molecular complexity index is 2090. The van der Waals surface area contributed by atoms with E-state index < -0.39 is 98.2 Å². The molecule has 8 nitrogen and oxygen atoms in total. The third kappa shape index (κ3) is 4.57. The van der Waals surface area contributed by atoms with Crippen LogP contribution in [-0.4, -0.2) is 45.6 Å². The van der Waals surface area contributed by atoms with Gasteiger partial charge in [-0.3, -0.25) is 24.1 Å². The van der Waals surface area contributed by atoms with Crippen molar-refractivity contribution in [3.05, 3.63) is 89.8 Å². The lowest BCUT2D eigenvalue weighted by atomic mass is 9.56. The number of aromatic hydroxyl groups is 1. The minimum atomic E-state index is -2.70. The first-order valence-electron chi connectivity index (χ1n) is 14.7. The van der Waals surface area contributed by atoms with E-state index in [2.05, 4.69) is 22.6 Å². The largest absolute Gasteiger partial charge is 0.504 e. The van der Waals surface area contributed by atoms with Crippen molar-refractivity contribution in [2.24, 2.45) is 17.8 Å². The zero-order chi connectivity index (χ0) is 36.4. The molecule has 0 bridgehead atoms. The van der Waals surface area contributed by atoms with Gasteiger partial charge in [0.2, 0.25) is 17.6 Å². The molecule has 6 atom stereocenters. The standard InChI is InChI=1S/C33H19Cl2F5I2N2O6/c1-50-18-9-11(8-17(42)27(18)45)20-14-6-7-15-19(29(47)43(28(15)46)13-4-2-12(41)3-5-13)16(14)10-32(34)30(48)44(31(49)33(20,32)35)26-24(39)22(37)21(36)23(38)25(26)40/h2-6,8-9,15-16,19-20,45H,7,10H2,1H3/t15-,16+,19-,20-,32+,33-/m0/s1. The number of carbonyl (C=O) groups excluding carboxylic acids is 4. The van der Waals surface area contributed by atoms with Gasteiger partial charge in [0, 0.05) is 9.49 Å². The fourth-order valence-corrected chi connectivity index (χ4v) is 9.62. The predicted octanol–water partition coefficient (Wildman–Crippen LogP) is 7.07. The number of imide groups is 2. The van der Waals surface area contributed by atoms with Crippen molar-refractivity contribution in [3.63, 3.8) is 0 Å². The summed E-state index contributed by atoms with van der Waals surface area (Å²) in [7, 11) is 1.24. The average Bonchev–Trinajstić information content (AvgIpc) is 3.42. The Balaban J connectivity index is 1.45. The fraction of sp³-hybridized carbons (Fsp3) is 0.273. The highest BCUT2D eigenvalue weighted by atomic mass is 127. The van der Waals surface area contributed by atoms with E-state index in [4.69, 9.17) is 27.9 Å². The van der Waals surface area contributed by atoms with E-state index in [-0.39, 0.29) is 37.5 Å². The molecule has 3 aromatic carbocycles. The molecule has 0 unspecified atom stereocenters. The third-order valence-corrected chi connectivity index (χ3v) is 12.9. The Morgan fingerprint density at radius 2 is 1.44 bits per heavy atom. The van der Waals surface area contributed by atoms with Crippen molar-refractivity contribution in [3.8, 4) is 11.5 Å². The van der Waals surface area contributed by atoms with Crippen LogP contribution in [0.15, 0.2) is 48.0 Å². The van der Waals surface area contributed by atoms with Crippen LogP contribution in [0.3, 0.4) is 0 Å². The normalized spacial score (nSPS) is 28.9. The maximum atomic E-state index is 15.2. The molecule has 2 aliphatic heterocycles. The molecule has 2 aliphatic carbocycles. The Morgan fingerprint density at radius 3 is 2.04 bits per heavy atom. The van der Waals surface area contributed by atoms with Crippen molar-refractivity contribution >= 4 is 103 Å². The van der Waals surface area contributed by atoms with E-state index in [0.717, 1.165) is 8.47 Å². The van der Waals surface area contributed by atoms with Crippen molar-refractivity contribution in [2.45, 2.75) is 28.5 Å². The molecule has 4 amide bonds. The second-order valence-electron chi connectivity index (χ2n) is 12.2. The molecule has 3 fully saturated rings. The summed E-state index contributed by atoms with van der Waals surface area (Å²) >= 11 is 18.1. The predicted molar refractivity (Wildman–Crippen MR) is 185 cm³/mol. The number of nitrogens with zero attached hydrogens (tertiary/aromatic N) is 2. The molecular formula is C33H19Cl2F5I2N2O6. The van der Waals surface area contributed by atoms with Gasteiger partial charge in [-0.25, -0.2) is 26.9 Å². The average molecular weight is 959 g/mol. The van der Waals surface area contributed by atoms with E-state index in [1.54, 1.807) is 52.9 Å². The van der Waals surface area contributed by atoms with Gasteiger partial charge in [-0.1, -0.05) is 11.6 Å². The van der Waals surface area contributed by atoms with E-state index in [9.17, 15) is 37.5 Å². The van der Waals surface area contributed by atoms with Crippen LogP contribution >= 0.6 is 68.4 Å². The summed E-state index contributed by atoms with van der Waals surface area (Å²) in [5.41, 5.74) is -1.20. The molecule has 0 aromatic heterocycles. The molecule has 2 saturated heterocycles. The summed E-state index contributed by atoms with van der Waals surface area (Å²) in [4.78, 5) is 52.1. The molecule has 3 aromatic rings. The number of methoxy groups -OCH3 is 1. The number of phenols is 1. The van der Waals surface area contributed by atoms with Crippen LogP contribution in [0.25, 0.3) is 0 Å². The quantitative estimate of drug-likeness (QED) is 0.0571. The summed E-state index contributed by atoms with van der Waals surface area (Å²) in [6, 6.07) is 9.25. The minimum Gasteiger partial charge on any atom is -0.504 e. The second-order valence-corrected chi connectivity index (χ2v) is 15.9. The number of phenolic OH excluding ortho intramolecular Hbond substituents is 1. The number of benzene rings is 3. The lowest BCUT2D eigenvalue weighted by Gasteiger charge is -2.50. The summed E-state index contributed by atoms with van der Waals surface area (Å²) in [5, 5.41) is 10.6. The summed E-state index contributed by atoms with van der Waals surface area (Å²) in [6.45, 7) is 0. The van der Waals surface area contributed by atoms with Gasteiger partial charge in [0.1, 0.15) is 5.69 Å². The van der Waals surface area contributed by atoms with Crippen LogP contribution in [0.5, 0.6) is 11.5 Å². The lowest BCUT2D eigenvalue weighted by molar-refractivity contribution is -0.125. The fourth-order valence-electron chi connectivity index (χ4n) is 7.70. The molecule has 7 rings (SSSR count). The first-order valence-corrected chi connectivity index (χ1v) is 17.6. The lowest BCUT2D eigenvalue weighted by Crippen LogP contribution is -2.60. The summed E-state index contributed by atoms with van der Waals surface area (Å²) < 4.78 is 79.7. The molecule has 260 valence electrons. The van der Waals surface area contributed by atoms with Crippen LogP contribution in [0.4, 0.5) is 33.3 Å². The Kier molecular flexibility index (Phi) is 8.50. The number of alkyl halides is 2. The van der Waals surface area contributed by atoms with Crippen molar-refractivity contribution in [1.82, 2.24) is 0 Å². The second kappa shape index (κ2) is 12.0. The number of rotatable bonds is 4. The number of hydrogen-bond acceptors (Lipinski definition) is 6. The number of hydrogen-bond donors (Lipinski definition) is 1. The number of fused-ring (bicyclic) bond motifs is 4. The van der Waals surface area contributed by atoms with Gasteiger partial charge in [-0.2, -0.15) is 0 Å². The number of ether oxygens (including phenoxy) is 1. The van der Waals surface area contributed by atoms with Gasteiger partial charge < -0.3 is 9.84 Å². The van der Waals surface area contributed by atoms with Crippen molar-refractivity contribution in [2.75, 3.05) is 16.9 Å². The van der Waals surface area contributed by atoms with Crippen molar-refractivity contribution < 1.29 is 51.0 Å². The van der Waals surface area contributed by atoms with Crippen molar-refractivity contribution in [1.29, 1.82) is 0 Å². The van der Waals surface area contributed by atoms with Gasteiger partial charge in [0.15, 0.2) is 44.5 Å². The molecular weight excluding hydrogens is 940 g/mol. The van der Waals surface area contributed by atoms with Gasteiger partial charge in [-0.05, 0) is 106 Å². The zero-order valence-corrected chi connectivity index (χ0v) is 30.9. The van der Waals surface area contributed by atoms with Crippen LogP contribution < -0.4 is 14.5 Å². The summed E-state index contributed by atoms with van der Waals surface area (Å²) in [6.07, 6.45) is 0.936. The van der Waals surface area contributed by atoms with E-state index in [0.29, 0.717) is 5.69 Å². The molecule has 0 radical (unpaired) electrons. The molecule has 2 heterocycles. The van der Waals surface area contributed by atoms with Crippen LogP contribution in [0.2, 0.25) is 0 Å². The van der Waals surface area contributed by atoms with Gasteiger partial charge in [-0.15, -0.1) is 23.2 Å². The van der Waals surface area contributed by atoms with E-state index in [1.807, 2.05) is 0 Å². The number of halogens is 9. The molecule has 1 N–H and O–H groups in total. The smallest absolute Gasteiger partial charge is 0.258 e. The molecule has 4 aliphatic rings.